The molecular formula is C14H24N4OS. The lowest BCUT2D eigenvalue weighted by molar-refractivity contribution is 0.0743. The number of rotatable bonds is 7. The van der Waals surface area contributed by atoms with Gasteiger partial charge in [-0.05, 0) is 31.2 Å². The van der Waals surface area contributed by atoms with Gasteiger partial charge in [0.15, 0.2) is 0 Å². The predicted octanol–water partition coefficient (Wildman–Crippen LogP) is 2.14. The average Bonchev–Trinajstić information content (AvgIpc) is 2.50. The molecule has 6 heteroatoms. The van der Waals surface area contributed by atoms with Gasteiger partial charge in [-0.3, -0.25) is 4.79 Å². The van der Waals surface area contributed by atoms with Crippen LogP contribution in [0.5, 0.6) is 0 Å². The monoisotopic (exact) mass is 296 g/mol. The molecule has 20 heavy (non-hydrogen) atoms. The van der Waals surface area contributed by atoms with E-state index >= 15 is 0 Å². The van der Waals surface area contributed by atoms with Gasteiger partial charge in [0, 0.05) is 30.1 Å². The van der Waals surface area contributed by atoms with Crippen molar-refractivity contribution in [2.45, 2.75) is 32.7 Å². The SMILES string of the molecule is CCc1cc(C(=O)N(C)C(CC)CSC)cc(NN)n1. The number of nitrogen functional groups attached to an aromatic ring is 1. The van der Waals surface area contributed by atoms with E-state index in [1.54, 1.807) is 17.8 Å². The van der Waals surface area contributed by atoms with Crippen LogP contribution in [-0.4, -0.2) is 40.9 Å². The molecule has 5 nitrogen and oxygen atoms in total. The number of hydrogen-bond donors (Lipinski definition) is 2. The first-order valence-electron chi connectivity index (χ1n) is 6.80. The van der Waals surface area contributed by atoms with E-state index < -0.39 is 0 Å². The van der Waals surface area contributed by atoms with Crippen LogP contribution < -0.4 is 11.3 Å². The van der Waals surface area contributed by atoms with Crippen LogP contribution in [-0.2, 0) is 6.42 Å². The number of aromatic nitrogens is 1. The van der Waals surface area contributed by atoms with E-state index in [-0.39, 0.29) is 11.9 Å². The molecule has 1 atom stereocenters. The maximum atomic E-state index is 12.6. The van der Waals surface area contributed by atoms with Crippen LogP contribution in [0.15, 0.2) is 12.1 Å². The Kier molecular flexibility index (Phi) is 6.81. The molecule has 0 saturated carbocycles. The number of aryl methyl sites for hydroxylation is 1. The second-order valence-corrected chi connectivity index (χ2v) is 5.57. The highest BCUT2D eigenvalue weighted by Crippen LogP contribution is 2.16. The molecule has 0 aliphatic rings. The number of pyridine rings is 1. The van der Waals surface area contributed by atoms with Crippen molar-refractivity contribution in [1.82, 2.24) is 9.88 Å². The molecule has 1 rings (SSSR count). The summed E-state index contributed by atoms with van der Waals surface area (Å²) in [6.45, 7) is 4.10. The Bertz CT molecular complexity index is 431. The molecule has 0 aliphatic heterocycles. The molecule has 1 heterocycles. The fraction of sp³-hybridized carbons (Fsp3) is 0.571. The lowest BCUT2D eigenvalue weighted by atomic mass is 10.1. The number of hydrogen-bond acceptors (Lipinski definition) is 5. The molecule has 0 radical (unpaired) electrons. The van der Waals surface area contributed by atoms with Gasteiger partial charge in [0.25, 0.3) is 5.91 Å². The molecule has 1 amide bonds. The number of nitrogens with two attached hydrogens (primary N) is 1. The van der Waals surface area contributed by atoms with Crippen LogP contribution in [0.1, 0.15) is 36.3 Å². The van der Waals surface area contributed by atoms with Gasteiger partial charge in [0.2, 0.25) is 0 Å². The van der Waals surface area contributed by atoms with Gasteiger partial charge in [-0.2, -0.15) is 11.8 Å². The second kappa shape index (κ2) is 8.11. The molecule has 3 N–H and O–H groups in total. The van der Waals surface area contributed by atoms with Crippen molar-refractivity contribution in [3.63, 3.8) is 0 Å². The van der Waals surface area contributed by atoms with Crippen LogP contribution in [0.2, 0.25) is 0 Å². The van der Waals surface area contributed by atoms with Gasteiger partial charge in [-0.1, -0.05) is 13.8 Å². The average molecular weight is 296 g/mol. The zero-order valence-electron chi connectivity index (χ0n) is 12.6. The number of nitrogens with zero attached hydrogens (tertiary/aromatic N) is 2. The fourth-order valence-electron chi connectivity index (χ4n) is 2.03. The second-order valence-electron chi connectivity index (χ2n) is 4.66. The third-order valence-corrected chi connectivity index (χ3v) is 4.05. The molecule has 1 aromatic rings. The van der Waals surface area contributed by atoms with Crippen LogP contribution in [0, 0.1) is 0 Å². The smallest absolute Gasteiger partial charge is 0.254 e. The molecule has 1 aromatic heterocycles. The topological polar surface area (TPSA) is 71.2 Å². The first kappa shape index (κ1) is 16.8. The maximum absolute atomic E-state index is 12.6. The molecule has 0 saturated heterocycles. The van der Waals surface area contributed by atoms with Crippen LogP contribution in [0.4, 0.5) is 5.82 Å². The van der Waals surface area contributed by atoms with E-state index in [1.807, 2.05) is 24.9 Å². The Morgan fingerprint density at radius 1 is 1.50 bits per heavy atom. The van der Waals surface area contributed by atoms with Crippen molar-refractivity contribution in [2.24, 2.45) is 5.84 Å². The Balaban J connectivity index is 3.00. The number of carbonyl (C=O) groups is 1. The summed E-state index contributed by atoms with van der Waals surface area (Å²) < 4.78 is 0. The Labute approximate surface area is 125 Å². The standard InChI is InChI=1S/C14H24N4OS/c1-5-11-7-10(8-13(16-11)17-15)14(19)18(3)12(6-2)9-20-4/h7-8,12H,5-6,9,15H2,1-4H3,(H,16,17). The van der Waals surface area contributed by atoms with E-state index in [4.69, 9.17) is 5.84 Å². The summed E-state index contributed by atoms with van der Waals surface area (Å²) in [5, 5.41) is 0. The number of nitrogens with one attached hydrogen (secondary N) is 1. The molecule has 112 valence electrons. The van der Waals surface area contributed by atoms with Gasteiger partial charge in [-0.25, -0.2) is 10.8 Å². The maximum Gasteiger partial charge on any atom is 0.254 e. The quantitative estimate of drug-likeness (QED) is 0.596. The highest BCUT2D eigenvalue weighted by Gasteiger charge is 2.20. The number of thioether (sulfide) groups is 1. The third kappa shape index (κ3) is 4.11. The molecule has 1 unspecified atom stereocenters. The molecule has 0 bridgehead atoms. The minimum Gasteiger partial charge on any atom is -0.338 e. The number of hydrazine groups is 1. The van der Waals surface area contributed by atoms with E-state index in [1.165, 1.54) is 0 Å². The van der Waals surface area contributed by atoms with Gasteiger partial charge in [-0.15, -0.1) is 0 Å². The van der Waals surface area contributed by atoms with Gasteiger partial charge >= 0.3 is 0 Å². The molecular weight excluding hydrogens is 272 g/mol. The highest BCUT2D eigenvalue weighted by molar-refractivity contribution is 7.98. The normalized spacial score (nSPS) is 12.1. The van der Waals surface area contributed by atoms with Crippen molar-refractivity contribution in [3.8, 4) is 0 Å². The fourth-order valence-corrected chi connectivity index (χ4v) is 2.88. The molecule has 0 aromatic carbocycles. The summed E-state index contributed by atoms with van der Waals surface area (Å²) >= 11 is 1.75. The summed E-state index contributed by atoms with van der Waals surface area (Å²) in [5.41, 5.74) is 4.01. The zero-order chi connectivity index (χ0) is 15.1. The lowest BCUT2D eigenvalue weighted by Crippen LogP contribution is -2.38. The Morgan fingerprint density at radius 2 is 2.20 bits per heavy atom. The number of anilines is 1. The van der Waals surface area contributed by atoms with Crippen LogP contribution in [0.3, 0.4) is 0 Å². The predicted molar refractivity (Wildman–Crippen MR) is 86.0 cm³/mol. The van der Waals surface area contributed by atoms with Crippen LogP contribution >= 0.6 is 11.8 Å². The minimum atomic E-state index is 0.0134. The van der Waals surface area contributed by atoms with E-state index in [9.17, 15) is 4.79 Å². The van der Waals surface area contributed by atoms with Gasteiger partial charge in [0.1, 0.15) is 5.82 Å². The van der Waals surface area contributed by atoms with Gasteiger partial charge < -0.3 is 10.3 Å². The lowest BCUT2D eigenvalue weighted by Gasteiger charge is -2.27. The summed E-state index contributed by atoms with van der Waals surface area (Å²) in [5.74, 6) is 6.89. The summed E-state index contributed by atoms with van der Waals surface area (Å²) in [6, 6.07) is 3.78. The largest absolute Gasteiger partial charge is 0.338 e. The van der Waals surface area contributed by atoms with E-state index in [2.05, 4.69) is 23.6 Å². The van der Waals surface area contributed by atoms with Crippen molar-refractivity contribution in [1.29, 1.82) is 0 Å². The third-order valence-electron chi connectivity index (χ3n) is 3.33. The summed E-state index contributed by atoms with van der Waals surface area (Å²) in [6.07, 6.45) is 3.76. The number of carbonyl (C=O) groups excluding carboxylic acids is 1. The summed E-state index contributed by atoms with van der Waals surface area (Å²) in [4.78, 5) is 18.7. The van der Waals surface area contributed by atoms with Crippen molar-refractivity contribution < 1.29 is 4.79 Å². The molecule has 0 aliphatic carbocycles. The zero-order valence-corrected chi connectivity index (χ0v) is 13.5. The van der Waals surface area contributed by atoms with Gasteiger partial charge in [0.05, 0.1) is 0 Å². The highest BCUT2D eigenvalue weighted by atomic mass is 32.2. The minimum absolute atomic E-state index is 0.0134. The van der Waals surface area contributed by atoms with Crippen molar-refractivity contribution in [2.75, 3.05) is 24.5 Å². The Morgan fingerprint density at radius 3 is 2.70 bits per heavy atom. The molecule has 0 spiro atoms. The van der Waals surface area contributed by atoms with E-state index in [0.717, 1.165) is 24.3 Å². The first-order chi connectivity index (χ1) is 9.57. The van der Waals surface area contributed by atoms with Crippen molar-refractivity contribution >= 4 is 23.5 Å². The van der Waals surface area contributed by atoms with E-state index in [0.29, 0.717) is 11.4 Å². The van der Waals surface area contributed by atoms with Crippen molar-refractivity contribution in [3.05, 3.63) is 23.4 Å². The van der Waals surface area contributed by atoms with Crippen LogP contribution in [0.25, 0.3) is 0 Å². The first-order valence-corrected chi connectivity index (χ1v) is 8.20. The number of amides is 1. The molecule has 0 fully saturated rings. The Hall–Kier alpha value is -1.27. The summed E-state index contributed by atoms with van der Waals surface area (Å²) in [7, 11) is 1.86.